The number of nitrogens with one attached hydrogen (secondary N) is 1. The molecule has 0 fully saturated rings. The average Bonchev–Trinajstić information content (AvgIpc) is 1.95. The molecule has 0 unspecified atom stereocenters. The zero-order chi connectivity index (χ0) is 8.27. The van der Waals surface area contributed by atoms with E-state index < -0.39 is 0 Å². The monoisotopic (exact) mass is 276 g/mol. The van der Waals surface area contributed by atoms with Gasteiger partial charge in [0.1, 0.15) is 0 Å². The molecular formula is C7H4Br2NO. The molecule has 0 aliphatic heterocycles. The molecule has 4 heteroatoms. The third-order valence-corrected chi connectivity index (χ3v) is 2.27. The van der Waals surface area contributed by atoms with Crippen LogP contribution in [0.1, 0.15) is 0 Å². The number of hydrogen-bond donors (Lipinski definition) is 1. The molecule has 0 aromatic heterocycles. The Morgan fingerprint density at radius 3 is 2.64 bits per heavy atom. The van der Waals surface area contributed by atoms with E-state index in [1.54, 1.807) is 12.5 Å². The summed E-state index contributed by atoms with van der Waals surface area (Å²) >= 11 is 6.57. The summed E-state index contributed by atoms with van der Waals surface area (Å²) in [6, 6.07) is 5.46. The molecule has 1 aromatic carbocycles. The minimum atomic E-state index is 0.711. The van der Waals surface area contributed by atoms with Crippen LogP contribution in [0.25, 0.3) is 0 Å². The first-order valence-corrected chi connectivity index (χ1v) is 4.41. The first kappa shape index (κ1) is 8.74. The first-order valence-electron chi connectivity index (χ1n) is 2.82. The molecular weight excluding hydrogens is 274 g/mol. The fourth-order valence-electron chi connectivity index (χ4n) is 0.646. The van der Waals surface area contributed by atoms with Crippen LogP contribution in [0, 0.1) is 0 Å². The maximum Gasteiger partial charge on any atom is 0.314 e. The van der Waals surface area contributed by atoms with Crippen LogP contribution in [-0.4, -0.2) is 6.41 Å². The molecule has 1 N–H and O–H groups in total. The minimum absolute atomic E-state index is 0.711. The van der Waals surface area contributed by atoms with Gasteiger partial charge in [-0.25, -0.2) is 0 Å². The smallest absolute Gasteiger partial charge is 0.314 e. The molecule has 57 valence electrons. The average molecular weight is 278 g/mol. The molecule has 0 heterocycles. The molecule has 1 radical (unpaired) electrons. The van der Waals surface area contributed by atoms with E-state index in [9.17, 15) is 4.79 Å². The predicted molar refractivity (Wildman–Crippen MR) is 51.2 cm³/mol. The van der Waals surface area contributed by atoms with Crippen molar-refractivity contribution in [3.05, 3.63) is 27.1 Å². The van der Waals surface area contributed by atoms with Crippen molar-refractivity contribution in [3.8, 4) is 0 Å². The van der Waals surface area contributed by atoms with Gasteiger partial charge in [0.15, 0.2) is 0 Å². The van der Waals surface area contributed by atoms with Gasteiger partial charge in [0.05, 0.1) is 5.69 Å². The molecule has 1 aromatic rings. The van der Waals surface area contributed by atoms with Gasteiger partial charge in [0, 0.05) is 8.95 Å². The van der Waals surface area contributed by atoms with Crippen LogP contribution in [-0.2, 0) is 4.79 Å². The number of benzene rings is 1. The molecule has 0 aliphatic rings. The van der Waals surface area contributed by atoms with Crippen LogP contribution in [0.3, 0.4) is 0 Å². The molecule has 1 amide bonds. The number of halogens is 2. The van der Waals surface area contributed by atoms with E-state index in [2.05, 4.69) is 37.2 Å². The van der Waals surface area contributed by atoms with Gasteiger partial charge in [-0.15, -0.1) is 0 Å². The highest BCUT2D eigenvalue weighted by atomic mass is 79.9. The zero-order valence-corrected chi connectivity index (χ0v) is 8.57. The number of hydrogen-bond acceptors (Lipinski definition) is 1. The van der Waals surface area contributed by atoms with Crippen molar-refractivity contribution in [2.45, 2.75) is 0 Å². The van der Waals surface area contributed by atoms with Crippen molar-refractivity contribution in [1.82, 2.24) is 0 Å². The third kappa shape index (κ3) is 2.31. The summed E-state index contributed by atoms with van der Waals surface area (Å²) < 4.78 is 1.79. The Hall–Kier alpha value is -0.350. The Labute approximate surface area is 81.2 Å². The molecule has 2 nitrogen and oxygen atoms in total. The van der Waals surface area contributed by atoms with Crippen molar-refractivity contribution in [1.29, 1.82) is 0 Å². The van der Waals surface area contributed by atoms with E-state index >= 15 is 0 Å². The summed E-state index contributed by atoms with van der Waals surface area (Å²) in [5.41, 5.74) is 0.711. The fraction of sp³-hybridized carbons (Fsp3) is 0. The quantitative estimate of drug-likeness (QED) is 0.828. The van der Waals surface area contributed by atoms with Crippen molar-refractivity contribution in [3.63, 3.8) is 0 Å². The Kier molecular flexibility index (Phi) is 3.08. The van der Waals surface area contributed by atoms with Crippen molar-refractivity contribution < 1.29 is 4.79 Å². The second-order valence-electron chi connectivity index (χ2n) is 1.85. The van der Waals surface area contributed by atoms with E-state index in [0.29, 0.717) is 5.69 Å². The Bertz CT molecular complexity index is 275. The highest BCUT2D eigenvalue weighted by Crippen LogP contribution is 2.25. The predicted octanol–water partition coefficient (Wildman–Crippen LogP) is 2.69. The molecule has 0 saturated carbocycles. The van der Waals surface area contributed by atoms with Gasteiger partial charge in [-0.3, -0.25) is 4.79 Å². The van der Waals surface area contributed by atoms with Crippen LogP contribution in [0.15, 0.2) is 27.1 Å². The van der Waals surface area contributed by atoms with Crippen LogP contribution in [0.5, 0.6) is 0 Å². The lowest BCUT2D eigenvalue weighted by molar-refractivity contribution is 0.561. The van der Waals surface area contributed by atoms with E-state index in [4.69, 9.17) is 0 Å². The molecule has 0 aliphatic carbocycles. The van der Waals surface area contributed by atoms with Crippen molar-refractivity contribution >= 4 is 44.0 Å². The molecule has 0 bridgehead atoms. The highest BCUT2D eigenvalue weighted by molar-refractivity contribution is 9.11. The number of anilines is 1. The Morgan fingerprint density at radius 2 is 2.09 bits per heavy atom. The summed E-state index contributed by atoms with van der Waals surface area (Å²) in [7, 11) is 0. The van der Waals surface area contributed by atoms with Crippen LogP contribution in [0.4, 0.5) is 5.69 Å². The van der Waals surface area contributed by atoms with Gasteiger partial charge < -0.3 is 5.32 Å². The van der Waals surface area contributed by atoms with Crippen LogP contribution >= 0.6 is 31.9 Å². The van der Waals surface area contributed by atoms with Crippen molar-refractivity contribution in [2.75, 3.05) is 5.32 Å². The normalized spacial score (nSPS) is 9.27. The summed E-state index contributed by atoms with van der Waals surface area (Å²) in [5, 5.41) is 2.43. The number of amides is 1. The Morgan fingerprint density at radius 1 is 1.36 bits per heavy atom. The van der Waals surface area contributed by atoms with E-state index in [1.807, 2.05) is 12.1 Å². The molecule has 11 heavy (non-hydrogen) atoms. The van der Waals surface area contributed by atoms with Crippen LogP contribution < -0.4 is 5.32 Å². The Balaban J connectivity index is 2.98. The summed E-state index contributed by atoms with van der Waals surface area (Å²) in [6.07, 6.45) is 1.60. The maximum absolute atomic E-state index is 9.94. The number of carbonyl (C=O) groups excluding carboxylic acids is 1. The third-order valence-electron chi connectivity index (χ3n) is 1.12. The minimum Gasteiger partial charge on any atom is -0.317 e. The lowest BCUT2D eigenvalue weighted by Crippen LogP contribution is -1.93. The lowest BCUT2D eigenvalue weighted by atomic mass is 10.3. The van der Waals surface area contributed by atoms with Gasteiger partial charge in [-0.1, -0.05) is 15.9 Å². The van der Waals surface area contributed by atoms with E-state index in [-0.39, 0.29) is 0 Å². The zero-order valence-electron chi connectivity index (χ0n) is 5.40. The largest absolute Gasteiger partial charge is 0.317 e. The summed E-state index contributed by atoms with van der Waals surface area (Å²) in [6.45, 7) is 0. The van der Waals surface area contributed by atoms with Gasteiger partial charge in [-0.2, -0.15) is 0 Å². The van der Waals surface area contributed by atoms with Gasteiger partial charge >= 0.3 is 6.41 Å². The van der Waals surface area contributed by atoms with Crippen molar-refractivity contribution in [2.24, 2.45) is 0 Å². The molecule has 0 saturated heterocycles. The SMILES string of the molecule is O=[C]Nc1ccc(Br)cc1Br. The lowest BCUT2D eigenvalue weighted by Gasteiger charge is -2.00. The van der Waals surface area contributed by atoms with Gasteiger partial charge in [0.25, 0.3) is 0 Å². The van der Waals surface area contributed by atoms with E-state index in [0.717, 1.165) is 8.95 Å². The van der Waals surface area contributed by atoms with E-state index in [1.165, 1.54) is 0 Å². The second-order valence-corrected chi connectivity index (χ2v) is 3.62. The summed E-state index contributed by atoms with van der Waals surface area (Å²) in [5.74, 6) is 0. The fourth-order valence-corrected chi connectivity index (χ4v) is 1.79. The van der Waals surface area contributed by atoms with Gasteiger partial charge in [0.2, 0.25) is 0 Å². The molecule has 0 spiro atoms. The topological polar surface area (TPSA) is 29.1 Å². The van der Waals surface area contributed by atoms with Gasteiger partial charge in [-0.05, 0) is 34.1 Å². The van der Waals surface area contributed by atoms with Crippen LogP contribution in [0.2, 0.25) is 0 Å². The summed E-state index contributed by atoms with van der Waals surface area (Å²) in [4.78, 5) is 9.94. The first-order chi connectivity index (χ1) is 5.24. The molecule has 0 atom stereocenters. The number of rotatable bonds is 2. The highest BCUT2D eigenvalue weighted by Gasteiger charge is 1.97. The maximum atomic E-state index is 9.94. The second kappa shape index (κ2) is 3.88. The molecule has 1 rings (SSSR count). The standard InChI is InChI=1S/C7H4Br2NO/c8-5-1-2-7(10-4-11)6(9)3-5/h1-3H,(H,10,11).